The summed E-state index contributed by atoms with van der Waals surface area (Å²) in [4.78, 5) is 49.6. The second-order valence-corrected chi connectivity index (χ2v) is 9.68. The minimum Gasteiger partial charge on any atom is -0.480 e. The third-order valence-electron chi connectivity index (χ3n) is 6.80. The van der Waals surface area contributed by atoms with Gasteiger partial charge in [0, 0.05) is 0 Å². The van der Waals surface area contributed by atoms with Crippen molar-refractivity contribution >= 4 is 23.8 Å². The van der Waals surface area contributed by atoms with Gasteiger partial charge in [0.1, 0.15) is 24.2 Å². The number of carboxylic acid groups (broad SMARTS) is 1. The van der Waals surface area contributed by atoms with Gasteiger partial charge in [0.05, 0.1) is 6.42 Å². The minimum atomic E-state index is -1.14. The number of nitrogens with two attached hydrogens (primary N) is 1. The summed E-state index contributed by atoms with van der Waals surface area (Å²) in [6.07, 6.45) is 7.93. The molecular weight excluding hydrogens is 438 g/mol. The molecule has 0 unspecified atom stereocenters. The number of carbonyl (C=O) groups excluding carboxylic acids is 3. The van der Waals surface area contributed by atoms with Gasteiger partial charge in [-0.1, -0.05) is 59.3 Å². The number of carbonyl (C=O) groups is 4. The predicted molar refractivity (Wildman–Crippen MR) is 130 cm³/mol. The van der Waals surface area contributed by atoms with Crippen LogP contribution in [0.15, 0.2) is 0 Å². The summed E-state index contributed by atoms with van der Waals surface area (Å²) in [5, 5.41) is 14.5. The quantitative estimate of drug-likeness (QED) is 0.207. The van der Waals surface area contributed by atoms with Gasteiger partial charge in [0.25, 0.3) is 0 Å². The highest BCUT2D eigenvalue weighted by Gasteiger charge is 2.33. The summed E-state index contributed by atoms with van der Waals surface area (Å²) >= 11 is 0. The molecule has 9 nitrogen and oxygen atoms in total. The second kappa shape index (κ2) is 15.7. The molecule has 0 saturated heterocycles. The van der Waals surface area contributed by atoms with Crippen molar-refractivity contribution in [2.75, 3.05) is 0 Å². The average Bonchev–Trinajstić information content (AvgIpc) is 2.81. The van der Waals surface area contributed by atoms with Gasteiger partial charge in [0.2, 0.25) is 11.8 Å². The van der Waals surface area contributed by atoms with E-state index in [0.29, 0.717) is 6.42 Å². The Balaban J connectivity index is 2.88. The highest BCUT2D eigenvalue weighted by Crippen LogP contribution is 2.27. The summed E-state index contributed by atoms with van der Waals surface area (Å²) in [6, 6.07) is -2.62. The van der Waals surface area contributed by atoms with Crippen molar-refractivity contribution in [3.05, 3.63) is 0 Å². The zero-order valence-electron chi connectivity index (χ0n) is 21.3. The first-order valence-electron chi connectivity index (χ1n) is 12.9. The Morgan fingerprint density at radius 3 is 2.24 bits per heavy atom. The van der Waals surface area contributed by atoms with Crippen molar-refractivity contribution in [2.24, 2.45) is 17.6 Å². The Hall–Kier alpha value is -2.16. The maximum absolute atomic E-state index is 13.0. The molecule has 9 heteroatoms. The minimum absolute atomic E-state index is 0.0341. The van der Waals surface area contributed by atoms with Crippen LogP contribution < -0.4 is 16.4 Å². The normalized spacial score (nSPS) is 18.7. The smallest absolute Gasteiger partial charge is 0.325 e. The molecule has 0 heterocycles. The first kappa shape index (κ1) is 29.9. The number of aliphatic carboxylic acids is 1. The molecule has 1 saturated carbocycles. The molecule has 1 aliphatic carbocycles. The lowest BCUT2D eigenvalue weighted by molar-refractivity contribution is -0.154. The van der Waals surface area contributed by atoms with Crippen LogP contribution in [0.3, 0.4) is 0 Å². The average molecular weight is 484 g/mol. The molecule has 34 heavy (non-hydrogen) atoms. The fraction of sp³-hybridized carbons (Fsp3) is 0.840. The number of amides is 2. The lowest BCUT2D eigenvalue weighted by Gasteiger charge is -2.31. The molecule has 1 aliphatic rings. The Labute approximate surface area is 203 Å². The van der Waals surface area contributed by atoms with Gasteiger partial charge in [-0.2, -0.15) is 0 Å². The number of esters is 1. The van der Waals surface area contributed by atoms with Crippen molar-refractivity contribution < 1.29 is 29.0 Å². The van der Waals surface area contributed by atoms with Crippen LogP contribution in [0, 0.1) is 11.8 Å². The van der Waals surface area contributed by atoms with Gasteiger partial charge in [-0.25, -0.2) is 0 Å². The summed E-state index contributed by atoms with van der Waals surface area (Å²) < 4.78 is 5.63. The van der Waals surface area contributed by atoms with Crippen LogP contribution in [0.25, 0.3) is 0 Å². The van der Waals surface area contributed by atoms with Gasteiger partial charge in [-0.3, -0.25) is 19.2 Å². The summed E-state index contributed by atoms with van der Waals surface area (Å²) in [5.74, 6) is -2.62. The molecule has 1 rings (SSSR count). The molecule has 2 amide bonds. The van der Waals surface area contributed by atoms with Crippen LogP contribution in [-0.2, 0) is 23.9 Å². The van der Waals surface area contributed by atoms with Crippen LogP contribution >= 0.6 is 0 Å². The second-order valence-electron chi connectivity index (χ2n) is 9.68. The fourth-order valence-electron chi connectivity index (χ4n) is 4.22. The Kier molecular flexibility index (Phi) is 13.8. The van der Waals surface area contributed by atoms with Crippen LogP contribution in [0.5, 0.6) is 0 Å². The number of carboxylic acids is 1. The molecule has 0 aromatic heterocycles. The van der Waals surface area contributed by atoms with Crippen LogP contribution in [0.1, 0.15) is 98.3 Å². The van der Waals surface area contributed by atoms with Gasteiger partial charge in [-0.15, -0.1) is 0 Å². The first-order valence-corrected chi connectivity index (χ1v) is 12.9. The van der Waals surface area contributed by atoms with Crippen molar-refractivity contribution in [2.45, 2.75) is 123 Å². The Morgan fingerprint density at radius 1 is 1.03 bits per heavy atom. The van der Waals surface area contributed by atoms with E-state index in [9.17, 15) is 19.2 Å². The monoisotopic (exact) mass is 483 g/mol. The van der Waals surface area contributed by atoms with E-state index >= 15 is 0 Å². The molecule has 1 fully saturated rings. The highest BCUT2D eigenvalue weighted by atomic mass is 16.5. The third-order valence-corrected chi connectivity index (χ3v) is 6.80. The fourth-order valence-corrected chi connectivity index (χ4v) is 4.22. The molecule has 0 radical (unpaired) electrons. The van der Waals surface area contributed by atoms with Crippen molar-refractivity contribution in [1.82, 2.24) is 10.6 Å². The standard InChI is InChI=1S/C25H45N3O6/c1-5-7-9-14-19(34-25(33)21(26)16(3)6-2)15-20(29)28-22(18-12-10-8-11-13-18)23(30)27-17(4)24(31)32/h16-19,21-22H,5-15,26H2,1-4H3,(H,27,30)(H,28,29)(H,31,32)/t16-,17-,19+,21+,22-/m0/s1. The first-order chi connectivity index (χ1) is 16.1. The van der Waals surface area contributed by atoms with E-state index in [1.807, 2.05) is 13.8 Å². The molecule has 0 aromatic rings. The van der Waals surface area contributed by atoms with E-state index in [4.69, 9.17) is 15.6 Å². The largest absolute Gasteiger partial charge is 0.480 e. The highest BCUT2D eigenvalue weighted by molar-refractivity contribution is 5.90. The van der Waals surface area contributed by atoms with Gasteiger partial charge >= 0.3 is 11.9 Å². The number of rotatable bonds is 15. The van der Waals surface area contributed by atoms with E-state index in [2.05, 4.69) is 17.6 Å². The maximum atomic E-state index is 13.0. The number of ether oxygens (including phenoxy) is 1. The van der Waals surface area contributed by atoms with Gasteiger partial charge < -0.3 is 26.2 Å². The van der Waals surface area contributed by atoms with Crippen LogP contribution in [-0.4, -0.2) is 53.1 Å². The Bertz CT molecular complexity index is 665. The topological polar surface area (TPSA) is 148 Å². The summed E-state index contributed by atoms with van der Waals surface area (Å²) in [5.41, 5.74) is 6.02. The lowest BCUT2D eigenvalue weighted by atomic mass is 9.83. The molecule has 5 N–H and O–H groups in total. The van der Waals surface area contributed by atoms with Crippen molar-refractivity contribution in [3.63, 3.8) is 0 Å². The number of nitrogens with one attached hydrogen (secondary N) is 2. The summed E-state index contributed by atoms with van der Waals surface area (Å²) in [6.45, 7) is 7.30. The van der Waals surface area contributed by atoms with Crippen molar-refractivity contribution in [3.8, 4) is 0 Å². The zero-order chi connectivity index (χ0) is 25.7. The Morgan fingerprint density at radius 2 is 1.68 bits per heavy atom. The number of hydrogen-bond donors (Lipinski definition) is 4. The lowest BCUT2D eigenvalue weighted by Crippen LogP contribution is -2.54. The van der Waals surface area contributed by atoms with E-state index in [0.717, 1.165) is 57.8 Å². The van der Waals surface area contributed by atoms with E-state index in [-0.39, 0.29) is 24.2 Å². The molecular formula is C25H45N3O6. The van der Waals surface area contributed by atoms with Crippen LogP contribution in [0.2, 0.25) is 0 Å². The SMILES string of the molecule is CCCCC[C@H](CC(=O)N[C@H](C(=O)N[C@@H](C)C(=O)O)C1CCCCC1)OC(=O)[C@H](N)[C@@H](C)CC. The van der Waals surface area contributed by atoms with Crippen molar-refractivity contribution in [1.29, 1.82) is 0 Å². The number of unbranched alkanes of at least 4 members (excludes halogenated alkanes) is 2. The molecule has 196 valence electrons. The zero-order valence-corrected chi connectivity index (χ0v) is 21.3. The predicted octanol–water partition coefficient (Wildman–Crippen LogP) is 2.90. The third kappa shape index (κ3) is 10.4. The number of hydrogen-bond acceptors (Lipinski definition) is 6. The molecule has 0 aliphatic heterocycles. The van der Waals surface area contributed by atoms with E-state index < -0.39 is 42.1 Å². The van der Waals surface area contributed by atoms with Crippen LogP contribution in [0.4, 0.5) is 0 Å². The van der Waals surface area contributed by atoms with E-state index in [1.54, 1.807) is 0 Å². The van der Waals surface area contributed by atoms with Gasteiger partial charge in [0.15, 0.2) is 0 Å². The molecule has 5 atom stereocenters. The van der Waals surface area contributed by atoms with Gasteiger partial charge in [-0.05, 0) is 44.4 Å². The molecule has 0 bridgehead atoms. The van der Waals surface area contributed by atoms with E-state index in [1.165, 1.54) is 6.92 Å². The summed E-state index contributed by atoms with van der Waals surface area (Å²) in [7, 11) is 0. The molecule has 0 spiro atoms. The molecule has 0 aromatic carbocycles. The maximum Gasteiger partial charge on any atom is 0.325 e.